The number of amides is 1. The van der Waals surface area contributed by atoms with E-state index in [4.69, 9.17) is 5.73 Å². The third-order valence-corrected chi connectivity index (χ3v) is 4.67. The zero-order chi connectivity index (χ0) is 14.1. The van der Waals surface area contributed by atoms with Crippen molar-refractivity contribution in [1.29, 1.82) is 0 Å². The minimum absolute atomic E-state index is 0.142. The topological polar surface area (TPSA) is 77.0 Å². The summed E-state index contributed by atoms with van der Waals surface area (Å²) < 4.78 is 1.96. The molecule has 3 unspecified atom stereocenters. The van der Waals surface area contributed by atoms with Crippen molar-refractivity contribution in [3.8, 4) is 0 Å². The van der Waals surface area contributed by atoms with Gasteiger partial charge in [-0.1, -0.05) is 0 Å². The first-order chi connectivity index (χ1) is 9.65. The molecule has 2 N–H and O–H groups in total. The monoisotopic (exact) mass is 277 g/mol. The van der Waals surface area contributed by atoms with Crippen molar-refractivity contribution in [3.05, 3.63) is 12.2 Å². The molecule has 0 bridgehead atoms. The van der Waals surface area contributed by atoms with Crippen molar-refractivity contribution in [2.24, 2.45) is 18.7 Å². The van der Waals surface area contributed by atoms with Crippen LogP contribution in [0.15, 0.2) is 6.33 Å². The Labute approximate surface area is 119 Å². The summed E-state index contributed by atoms with van der Waals surface area (Å²) >= 11 is 0. The van der Waals surface area contributed by atoms with Crippen molar-refractivity contribution in [2.75, 3.05) is 13.1 Å². The van der Waals surface area contributed by atoms with E-state index < -0.39 is 0 Å². The molecule has 1 aliphatic carbocycles. The van der Waals surface area contributed by atoms with Crippen LogP contribution in [0.3, 0.4) is 0 Å². The molecule has 20 heavy (non-hydrogen) atoms. The van der Waals surface area contributed by atoms with Crippen molar-refractivity contribution in [1.82, 2.24) is 19.7 Å². The number of carbonyl (C=O) groups excluding carboxylic acids is 1. The zero-order valence-corrected chi connectivity index (χ0v) is 12.0. The maximum atomic E-state index is 12.6. The van der Waals surface area contributed by atoms with E-state index >= 15 is 0 Å². The Bertz CT molecular complexity index is 486. The molecule has 1 aliphatic heterocycles. The van der Waals surface area contributed by atoms with Gasteiger partial charge in [0.2, 0.25) is 5.91 Å². The van der Waals surface area contributed by atoms with Crippen LogP contribution in [0.1, 0.15) is 43.8 Å². The lowest BCUT2D eigenvalue weighted by Gasteiger charge is -2.33. The van der Waals surface area contributed by atoms with Gasteiger partial charge in [-0.25, -0.2) is 0 Å². The molecule has 0 spiro atoms. The molecule has 2 heterocycles. The number of likely N-dealkylation sites (tertiary alicyclic amines) is 1. The number of nitrogens with zero attached hydrogens (tertiary/aromatic N) is 4. The number of carbonyl (C=O) groups is 1. The second-order valence-corrected chi connectivity index (χ2v) is 6.19. The van der Waals surface area contributed by atoms with Crippen molar-refractivity contribution in [2.45, 2.75) is 44.1 Å². The third kappa shape index (κ3) is 2.57. The van der Waals surface area contributed by atoms with E-state index in [2.05, 4.69) is 10.2 Å². The molecule has 6 nitrogen and oxygen atoms in total. The van der Waals surface area contributed by atoms with Crippen LogP contribution in [0, 0.1) is 5.92 Å². The highest BCUT2D eigenvalue weighted by Gasteiger charge is 2.34. The van der Waals surface area contributed by atoms with E-state index in [1.807, 2.05) is 16.5 Å². The van der Waals surface area contributed by atoms with Gasteiger partial charge in [-0.3, -0.25) is 4.79 Å². The number of aryl methyl sites for hydroxylation is 1. The molecule has 110 valence electrons. The van der Waals surface area contributed by atoms with E-state index in [1.165, 1.54) is 0 Å². The normalized spacial score (nSPS) is 30.7. The molecular weight excluding hydrogens is 254 g/mol. The molecule has 2 fully saturated rings. The number of piperidine rings is 1. The molecule has 3 rings (SSSR count). The fraction of sp³-hybridized carbons (Fsp3) is 0.786. The molecule has 6 heteroatoms. The van der Waals surface area contributed by atoms with Gasteiger partial charge in [0, 0.05) is 38.0 Å². The van der Waals surface area contributed by atoms with Crippen LogP contribution in [0.2, 0.25) is 0 Å². The molecule has 1 saturated heterocycles. The highest BCUT2D eigenvalue weighted by molar-refractivity contribution is 5.79. The highest BCUT2D eigenvalue weighted by Crippen LogP contribution is 2.30. The minimum Gasteiger partial charge on any atom is -0.342 e. The maximum absolute atomic E-state index is 12.6. The molecule has 1 saturated carbocycles. The lowest BCUT2D eigenvalue weighted by atomic mass is 9.95. The predicted octanol–water partition coefficient (Wildman–Crippen LogP) is 0.648. The first-order valence-electron chi connectivity index (χ1n) is 7.53. The van der Waals surface area contributed by atoms with Gasteiger partial charge in [-0.2, -0.15) is 0 Å². The molecule has 0 radical (unpaired) electrons. The van der Waals surface area contributed by atoms with Gasteiger partial charge in [0.05, 0.1) is 0 Å². The minimum atomic E-state index is 0.142. The van der Waals surface area contributed by atoms with Gasteiger partial charge in [-0.05, 0) is 32.1 Å². The second kappa shape index (κ2) is 5.52. The zero-order valence-electron chi connectivity index (χ0n) is 12.0. The van der Waals surface area contributed by atoms with Crippen molar-refractivity contribution < 1.29 is 4.79 Å². The number of hydrogen-bond donors (Lipinski definition) is 1. The van der Waals surface area contributed by atoms with E-state index in [9.17, 15) is 4.79 Å². The van der Waals surface area contributed by atoms with Crippen molar-refractivity contribution >= 4 is 5.91 Å². The summed E-state index contributed by atoms with van der Waals surface area (Å²) in [6.45, 7) is 1.65. The number of aromatic nitrogens is 3. The summed E-state index contributed by atoms with van der Waals surface area (Å²) in [6, 6.07) is 0.211. The Hall–Kier alpha value is -1.43. The standard InChI is InChI=1S/C14H23N5O/c1-18-9-16-17-13(18)11-3-2-6-19(8-11)14(20)10-4-5-12(15)7-10/h9-12H,2-8,15H2,1H3. The van der Waals surface area contributed by atoms with E-state index in [1.54, 1.807) is 6.33 Å². The Morgan fingerprint density at radius 3 is 2.90 bits per heavy atom. The summed E-state index contributed by atoms with van der Waals surface area (Å²) in [5.74, 6) is 1.74. The summed E-state index contributed by atoms with van der Waals surface area (Å²) in [4.78, 5) is 14.6. The summed E-state index contributed by atoms with van der Waals surface area (Å²) in [7, 11) is 1.96. The lowest BCUT2D eigenvalue weighted by molar-refractivity contribution is -0.136. The number of hydrogen-bond acceptors (Lipinski definition) is 4. The fourth-order valence-corrected chi connectivity index (χ4v) is 3.55. The molecule has 3 atom stereocenters. The van der Waals surface area contributed by atoms with Crippen LogP contribution in [0.5, 0.6) is 0 Å². The van der Waals surface area contributed by atoms with Crippen LogP contribution in [0.25, 0.3) is 0 Å². The van der Waals surface area contributed by atoms with Crippen LogP contribution in [-0.4, -0.2) is 44.7 Å². The predicted molar refractivity (Wildman–Crippen MR) is 74.9 cm³/mol. The van der Waals surface area contributed by atoms with Gasteiger partial charge in [0.15, 0.2) is 0 Å². The molecular formula is C14H23N5O. The van der Waals surface area contributed by atoms with Gasteiger partial charge < -0.3 is 15.2 Å². The fourth-order valence-electron chi connectivity index (χ4n) is 3.55. The van der Waals surface area contributed by atoms with Gasteiger partial charge in [-0.15, -0.1) is 10.2 Å². The molecule has 1 amide bonds. The molecule has 0 aromatic carbocycles. The quantitative estimate of drug-likeness (QED) is 0.861. The van der Waals surface area contributed by atoms with Crippen molar-refractivity contribution in [3.63, 3.8) is 0 Å². The van der Waals surface area contributed by atoms with E-state index in [0.29, 0.717) is 11.8 Å². The average molecular weight is 277 g/mol. The third-order valence-electron chi connectivity index (χ3n) is 4.67. The summed E-state index contributed by atoms with van der Waals surface area (Å²) in [6.07, 6.45) is 6.64. The Balaban J connectivity index is 1.66. The Morgan fingerprint density at radius 1 is 1.40 bits per heavy atom. The average Bonchev–Trinajstić information content (AvgIpc) is 3.07. The maximum Gasteiger partial charge on any atom is 0.225 e. The van der Waals surface area contributed by atoms with Crippen LogP contribution in [-0.2, 0) is 11.8 Å². The summed E-state index contributed by atoms with van der Waals surface area (Å²) in [5.41, 5.74) is 5.92. The van der Waals surface area contributed by atoms with Crippen LogP contribution in [0.4, 0.5) is 0 Å². The molecule has 1 aromatic rings. The molecule has 2 aliphatic rings. The largest absolute Gasteiger partial charge is 0.342 e. The van der Waals surface area contributed by atoms with Gasteiger partial charge in [0.1, 0.15) is 12.2 Å². The Kier molecular flexibility index (Phi) is 3.74. The number of rotatable bonds is 2. The summed E-state index contributed by atoms with van der Waals surface area (Å²) in [5, 5.41) is 8.14. The van der Waals surface area contributed by atoms with Gasteiger partial charge >= 0.3 is 0 Å². The second-order valence-electron chi connectivity index (χ2n) is 6.19. The van der Waals surface area contributed by atoms with E-state index in [0.717, 1.165) is 51.0 Å². The highest BCUT2D eigenvalue weighted by atomic mass is 16.2. The SMILES string of the molecule is Cn1cnnc1C1CCCN(C(=O)C2CCC(N)C2)C1. The number of nitrogens with two attached hydrogens (primary N) is 1. The van der Waals surface area contributed by atoms with Gasteiger partial charge in [0.25, 0.3) is 0 Å². The Morgan fingerprint density at radius 2 is 2.25 bits per heavy atom. The molecule has 1 aromatic heterocycles. The first-order valence-corrected chi connectivity index (χ1v) is 7.53. The van der Waals surface area contributed by atoms with Crippen LogP contribution < -0.4 is 5.73 Å². The van der Waals surface area contributed by atoms with E-state index in [-0.39, 0.29) is 12.0 Å². The first kappa shape index (κ1) is 13.5. The lowest BCUT2D eigenvalue weighted by Crippen LogP contribution is -2.42. The van der Waals surface area contributed by atoms with Crippen LogP contribution >= 0.6 is 0 Å². The smallest absolute Gasteiger partial charge is 0.225 e.